The molecule has 0 saturated heterocycles. The van der Waals surface area contributed by atoms with Crippen molar-refractivity contribution >= 4 is 5.52 Å². The number of halogens is 1. The van der Waals surface area contributed by atoms with Gasteiger partial charge in [0.1, 0.15) is 0 Å². The van der Waals surface area contributed by atoms with E-state index in [0.717, 1.165) is 11.3 Å². The first-order chi connectivity index (χ1) is 7.93. The van der Waals surface area contributed by atoms with Crippen LogP contribution in [0.5, 0.6) is 0 Å². The van der Waals surface area contributed by atoms with Crippen molar-refractivity contribution in [2.24, 2.45) is 0 Å². The van der Waals surface area contributed by atoms with E-state index >= 15 is 0 Å². The smallest absolute Gasteiger partial charge is 0.210 e. The van der Waals surface area contributed by atoms with Gasteiger partial charge in [-0.05, 0) is 24.3 Å². The first-order valence-corrected chi connectivity index (χ1v) is 5.25. The molecule has 0 aliphatic heterocycles. The van der Waals surface area contributed by atoms with Gasteiger partial charge in [-0.25, -0.2) is 0 Å². The normalized spacial score (nSPS) is 9.88. The van der Waals surface area contributed by atoms with E-state index in [1.807, 2.05) is 42.7 Å². The van der Waals surface area contributed by atoms with E-state index in [1.54, 1.807) is 0 Å². The Hall–Kier alpha value is -1.74. The highest BCUT2D eigenvalue weighted by Crippen LogP contribution is 2.14. The Balaban J connectivity index is 0.00000108. The van der Waals surface area contributed by atoms with Crippen LogP contribution in [0.25, 0.3) is 16.8 Å². The van der Waals surface area contributed by atoms with E-state index in [0.29, 0.717) is 0 Å². The van der Waals surface area contributed by atoms with Gasteiger partial charge in [0.05, 0.1) is 11.3 Å². The second-order valence-electron chi connectivity index (χ2n) is 3.67. The van der Waals surface area contributed by atoms with E-state index in [2.05, 4.69) is 33.8 Å². The van der Waals surface area contributed by atoms with E-state index in [1.165, 1.54) is 5.52 Å². The summed E-state index contributed by atoms with van der Waals surface area (Å²) in [4.78, 5) is 4.34. The average molecular weight is 287 g/mol. The summed E-state index contributed by atoms with van der Waals surface area (Å²) in [6.07, 6.45) is 5.95. The molecule has 0 aromatic carbocycles. The number of hydrogen-bond acceptors (Lipinski definition) is 1. The summed E-state index contributed by atoms with van der Waals surface area (Å²) in [5.41, 5.74) is 3.31. The third-order valence-corrected chi connectivity index (χ3v) is 2.60. The van der Waals surface area contributed by atoms with Crippen molar-refractivity contribution in [3.05, 3.63) is 67.1 Å². The fourth-order valence-corrected chi connectivity index (χ4v) is 1.78. The lowest BCUT2D eigenvalue weighted by atomic mass is 10.2. The Labute approximate surface area is 110 Å². The van der Waals surface area contributed by atoms with Gasteiger partial charge in [-0.1, -0.05) is 6.07 Å². The SMILES string of the molecule is [Br-].c1ccc(-c2ccc3cccc[n+]3c2)nc1. The molecule has 0 amide bonds. The predicted molar refractivity (Wildman–Crippen MR) is 62.8 cm³/mol. The fourth-order valence-electron chi connectivity index (χ4n) is 1.78. The summed E-state index contributed by atoms with van der Waals surface area (Å²) in [5, 5.41) is 0. The standard InChI is InChI=1S/C14H11N2.BrH/c1-3-9-15-14(6-1)12-7-8-13-5-2-4-10-16(13)11-12;/h1-11H;1H/q+1;/p-1. The summed E-state index contributed by atoms with van der Waals surface area (Å²) >= 11 is 0. The molecule has 0 unspecified atom stereocenters. The topological polar surface area (TPSA) is 17.0 Å². The van der Waals surface area contributed by atoms with Crippen molar-refractivity contribution in [1.29, 1.82) is 0 Å². The molecule has 3 aromatic heterocycles. The van der Waals surface area contributed by atoms with Crippen LogP contribution in [0.2, 0.25) is 0 Å². The van der Waals surface area contributed by atoms with Crippen LogP contribution in [0, 0.1) is 0 Å². The van der Waals surface area contributed by atoms with Crippen molar-refractivity contribution in [2.75, 3.05) is 0 Å². The van der Waals surface area contributed by atoms with Gasteiger partial charge >= 0.3 is 0 Å². The van der Waals surface area contributed by atoms with Gasteiger partial charge in [0.2, 0.25) is 5.52 Å². The minimum Gasteiger partial charge on any atom is -1.00 e. The number of fused-ring (bicyclic) bond motifs is 1. The van der Waals surface area contributed by atoms with E-state index in [4.69, 9.17) is 0 Å². The molecule has 84 valence electrons. The second kappa shape index (κ2) is 5.06. The van der Waals surface area contributed by atoms with Crippen molar-refractivity contribution in [1.82, 2.24) is 4.98 Å². The zero-order valence-electron chi connectivity index (χ0n) is 9.12. The molecule has 0 fully saturated rings. The quantitative estimate of drug-likeness (QED) is 0.551. The Morgan fingerprint density at radius 1 is 0.882 bits per heavy atom. The van der Waals surface area contributed by atoms with Crippen LogP contribution >= 0.6 is 0 Å². The van der Waals surface area contributed by atoms with E-state index < -0.39 is 0 Å². The zero-order chi connectivity index (χ0) is 10.8. The minimum atomic E-state index is 0. The largest absolute Gasteiger partial charge is 1.00 e. The first kappa shape index (κ1) is 11.7. The van der Waals surface area contributed by atoms with Crippen LogP contribution in [0.1, 0.15) is 0 Å². The molecule has 0 bridgehead atoms. The number of pyridine rings is 3. The monoisotopic (exact) mass is 286 g/mol. The molecule has 3 heteroatoms. The highest BCUT2D eigenvalue weighted by molar-refractivity contribution is 5.58. The van der Waals surface area contributed by atoms with Crippen molar-refractivity contribution in [2.45, 2.75) is 0 Å². The number of hydrogen-bond donors (Lipinski definition) is 0. The highest BCUT2D eigenvalue weighted by Gasteiger charge is 2.05. The summed E-state index contributed by atoms with van der Waals surface area (Å²) < 4.78 is 2.10. The molecule has 0 aliphatic rings. The second-order valence-corrected chi connectivity index (χ2v) is 3.67. The molecular formula is C14H11BrN2. The lowest BCUT2D eigenvalue weighted by Gasteiger charge is -1.97. The van der Waals surface area contributed by atoms with Gasteiger partial charge in [0.15, 0.2) is 12.4 Å². The summed E-state index contributed by atoms with van der Waals surface area (Å²) in [6.45, 7) is 0. The fraction of sp³-hybridized carbons (Fsp3) is 0. The molecule has 3 heterocycles. The van der Waals surface area contributed by atoms with Gasteiger partial charge in [0.25, 0.3) is 0 Å². The third-order valence-electron chi connectivity index (χ3n) is 2.60. The number of aromatic nitrogens is 2. The van der Waals surface area contributed by atoms with Gasteiger partial charge in [-0.2, -0.15) is 4.40 Å². The minimum absolute atomic E-state index is 0. The summed E-state index contributed by atoms with van der Waals surface area (Å²) in [7, 11) is 0. The first-order valence-electron chi connectivity index (χ1n) is 5.25. The Bertz CT molecular complexity index is 623. The lowest BCUT2D eigenvalue weighted by molar-refractivity contribution is -0.511. The molecule has 0 saturated carbocycles. The van der Waals surface area contributed by atoms with E-state index in [9.17, 15) is 0 Å². The Morgan fingerprint density at radius 3 is 2.59 bits per heavy atom. The molecule has 2 nitrogen and oxygen atoms in total. The van der Waals surface area contributed by atoms with Gasteiger partial charge in [-0.15, -0.1) is 0 Å². The Morgan fingerprint density at radius 2 is 1.76 bits per heavy atom. The molecule has 17 heavy (non-hydrogen) atoms. The van der Waals surface area contributed by atoms with Crippen LogP contribution < -0.4 is 21.4 Å². The molecule has 0 N–H and O–H groups in total. The molecule has 0 atom stereocenters. The molecule has 3 rings (SSSR count). The lowest BCUT2D eigenvalue weighted by Crippen LogP contribution is -3.00. The third kappa shape index (κ3) is 2.34. The van der Waals surface area contributed by atoms with Crippen LogP contribution in [0.4, 0.5) is 0 Å². The van der Waals surface area contributed by atoms with Crippen molar-refractivity contribution in [3.8, 4) is 11.3 Å². The molecular weight excluding hydrogens is 276 g/mol. The van der Waals surface area contributed by atoms with Crippen molar-refractivity contribution in [3.63, 3.8) is 0 Å². The molecule has 0 aliphatic carbocycles. The predicted octanol–water partition coefficient (Wildman–Crippen LogP) is -0.509. The van der Waals surface area contributed by atoms with Crippen LogP contribution in [0.15, 0.2) is 67.1 Å². The molecule has 3 aromatic rings. The summed E-state index contributed by atoms with van der Waals surface area (Å²) in [5.74, 6) is 0. The summed E-state index contributed by atoms with van der Waals surface area (Å²) in [6, 6.07) is 16.3. The maximum Gasteiger partial charge on any atom is 0.210 e. The van der Waals surface area contributed by atoms with Gasteiger partial charge in [-0.3, -0.25) is 4.98 Å². The maximum absolute atomic E-state index is 4.34. The molecule has 0 spiro atoms. The maximum atomic E-state index is 4.34. The highest BCUT2D eigenvalue weighted by atomic mass is 79.9. The van der Waals surface area contributed by atoms with E-state index in [-0.39, 0.29) is 17.0 Å². The zero-order valence-corrected chi connectivity index (χ0v) is 10.7. The van der Waals surface area contributed by atoms with Crippen LogP contribution in [-0.4, -0.2) is 4.98 Å². The van der Waals surface area contributed by atoms with Gasteiger partial charge < -0.3 is 17.0 Å². The average Bonchev–Trinajstić information content (AvgIpc) is 2.39. The van der Waals surface area contributed by atoms with Gasteiger partial charge in [0, 0.05) is 24.4 Å². The van der Waals surface area contributed by atoms with Crippen LogP contribution in [0.3, 0.4) is 0 Å². The number of rotatable bonds is 1. The Kier molecular flexibility index (Phi) is 3.49. The number of nitrogens with zero attached hydrogens (tertiary/aromatic N) is 2. The van der Waals surface area contributed by atoms with Crippen molar-refractivity contribution < 1.29 is 21.4 Å². The van der Waals surface area contributed by atoms with Crippen LogP contribution in [-0.2, 0) is 0 Å². The molecule has 0 radical (unpaired) electrons.